The fourth-order valence-corrected chi connectivity index (χ4v) is 2.35. The number of halogens is 3. The third-order valence-corrected chi connectivity index (χ3v) is 2.41. The van der Waals surface area contributed by atoms with Crippen LogP contribution in [-0.4, -0.2) is 5.78 Å². The molecule has 0 aliphatic rings. The van der Waals surface area contributed by atoms with Gasteiger partial charge in [-0.15, -0.1) is 0 Å². The predicted octanol–water partition coefficient (Wildman–Crippen LogP) is 3.96. The van der Waals surface area contributed by atoms with Gasteiger partial charge >= 0.3 is 0 Å². The Kier molecular flexibility index (Phi) is 3.16. The zero-order valence-electron chi connectivity index (χ0n) is 6.20. The highest BCUT2D eigenvalue weighted by Gasteiger charge is 2.10. The summed E-state index contributed by atoms with van der Waals surface area (Å²) in [5.74, 6) is -0.127. The average Bonchev–Trinajstić information content (AvgIpc) is 1.82. The van der Waals surface area contributed by atoms with Crippen LogP contribution in [0.2, 0.25) is 10.0 Å². The number of benzene rings is 1. The van der Waals surface area contributed by atoms with Crippen molar-refractivity contribution in [3.8, 4) is 0 Å². The monoisotopic (exact) mass is 266 g/mol. The van der Waals surface area contributed by atoms with Crippen LogP contribution in [0.5, 0.6) is 0 Å². The predicted molar refractivity (Wildman–Crippen MR) is 54.2 cm³/mol. The van der Waals surface area contributed by atoms with Gasteiger partial charge < -0.3 is 0 Å². The van der Waals surface area contributed by atoms with Gasteiger partial charge in [-0.3, -0.25) is 4.79 Å². The second-order valence-corrected chi connectivity index (χ2v) is 4.03. The van der Waals surface area contributed by atoms with Crippen molar-refractivity contribution in [1.29, 1.82) is 0 Å². The Bertz CT molecular complexity index is 313. The van der Waals surface area contributed by atoms with Gasteiger partial charge in [0.15, 0.2) is 5.78 Å². The molecule has 0 radical (unpaired) electrons. The Balaban J connectivity index is 3.38. The molecule has 0 aromatic heterocycles. The Hall–Kier alpha value is -0.0500. The van der Waals surface area contributed by atoms with E-state index in [2.05, 4.69) is 15.9 Å². The van der Waals surface area contributed by atoms with E-state index in [0.29, 0.717) is 15.6 Å². The molecule has 0 aliphatic carbocycles. The van der Waals surface area contributed by atoms with E-state index in [9.17, 15) is 4.79 Å². The zero-order valence-corrected chi connectivity index (χ0v) is 9.29. The summed E-state index contributed by atoms with van der Waals surface area (Å²) in [5, 5.41) is 0.753. The van der Waals surface area contributed by atoms with Gasteiger partial charge in [0.25, 0.3) is 0 Å². The maximum Gasteiger partial charge on any atom is 0.162 e. The summed E-state index contributed by atoms with van der Waals surface area (Å²) in [6, 6.07) is 3.29. The second-order valence-electron chi connectivity index (χ2n) is 2.30. The molecule has 12 heavy (non-hydrogen) atoms. The zero-order chi connectivity index (χ0) is 9.30. The lowest BCUT2D eigenvalue weighted by Gasteiger charge is -2.02. The van der Waals surface area contributed by atoms with E-state index >= 15 is 0 Å². The molecule has 1 nitrogen and oxygen atoms in total. The quantitative estimate of drug-likeness (QED) is 0.704. The van der Waals surface area contributed by atoms with Crippen molar-refractivity contribution < 1.29 is 4.79 Å². The van der Waals surface area contributed by atoms with Crippen LogP contribution >= 0.6 is 39.1 Å². The Morgan fingerprint density at radius 2 is 1.75 bits per heavy atom. The third-order valence-electron chi connectivity index (χ3n) is 1.36. The lowest BCUT2D eigenvalue weighted by atomic mass is 10.1. The molecule has 0 amide bonds. The molecule has 0 saturated carbocycles. The van der Waals surface area contributed by atoms with E-state index in [-0.39, 0.29) is 5.78 Å². The minimum absolute atomic E-state index is 0.127. The normalized spacial score (nSPS) is 10.0. The lowest BCUT2D eigenvalue weighted by molar-refractivity contribution is 0.101. The summed E-state index contributed by atoms with van der Waals surface area (Å²) in [4.78, 5) is 11.0. The van der Waals surface area contributed by atoms with Gasteiger partial charge in [0.2, 0.25) is 0 Å². The number of ketones is 1. The highest BCUT2D eigenvalue weighted by atomic mass is 79.9. The second kappa shape index (κ2) is 3.77. The van der Waals surface area contributed by atoms with Crippen LogP contribution < -0.4 is 0 Å². The molecule has 0 unspecified atom stereocenters. The molecular weight excluding hydrogens is 263 g/mol. The van der Waals surface area contributed by atoms with Crippen LogP contribution in [0, 0.1) is 0 Å². The Morgan fingerprint density at radius 1 is 1.33 bits per heavy atom. The van der Waals surface area contributed by atoms with Crippen LogP contribution in [0.25, 0.3) is 0 Å². The van der Waals surface area contributed by atoms with Gasteiger partial charge in [-0.05, 0) is 19.1 Å². The molecule has 0 bridgehead atoms. The standard InChI is InChI=1S/C8H5BrCl2O/c1-4(12)8-6(10)2-5(9)3-7(8)11/h2-3H,1H3. The maximum atomic E-state index is 11.0. The fraction of sp³-hybridized carbons (Fsp3) is 0.125. The summed E-state index contributed by atoms with van der Waals surface area (Å²) in [7, 11) is 0. The van der Waals surface area contributed by atoms with Gasteiger partial charge in [-0.1, -0.05) is 39.1 Å². The van der Waals surface area contributed by atoms with Gasteiger partial charge in [-0.25, -0.2) is 0 Å². The summed E-state index contributed by atoms with van der Waals surface area (Å²) in [6.07, 6.45) is 0. The molecule has 1 aromatic rings. The van der Waals surface area contributed by atoms with Crippen molar-refractivity contribution in [3.05, 3.63) is 32.2 Å². The smallest absolute Gasteiger partial charge is 0.162 e. The van der Waals surface area contributed by atoms with Crippen LogP contribution in [-0.2, 0) is 0 Å². The topological polar surface area (TPSA) is 17.1 Å². The molecule has 0 heterocycles. The number of carbonyl (C=O) groups is 1. The minimum atomic E-state index is -0.127. The molecular formula is C8H5BrCl2O. The molecule has 0 fully saturated rings. The van der Waals surface area contributed by atoms with E-state index in [1.807, 2.05) is 0 Å². The number of hydrogen-bond acceptors (Lipinski definition) is 1. The first-order chi connectivity index (χ1) is 5.52. The van der Waals surface area contributed by atoms with Crippen LogP contribution in [0.15, 0.2) is 16.6 Å². The fourth-order valence-electron chi connectivity index (χ4n) is 0.879. The van der Waals surface area contributed by atoms with Crippen LogP contribution in [0.1, 0.15) is 17.3 Å². The molecule has 1 aromatic carbocycles. The molecule has 4 heteroatoms. The highest BCUT2D eigenvalue weighted by Crippen LogP contribution is 2.29. The summed E-state index contributed by atoms with van der Waals surface area (Å²) in [6.45, 7) is 1.43. The van der Waals surface area contributed by atoms with Gasteiger partial charge in [0.1, 0.15) is 0 Å². The van der Waals surface area contributed by atoms with E-state index in [1.165, 1.54) is 6.92 Å². The van der Waals surface area contributed by atoms with E-state index in [1.54, 1.807) is 12.1 Å². The number of rotatable bonds is 1. The third kappa shape index (κ3) is 2.00. The van der Waals surface area contributed by atoms with Crippen molar-refractivity contribution in [2.45, 2.75) is 6.92 Å². The first-order valence-electron chi connectivity index (χ1n) is 3.18. The largest absolute Gasteiger partial charge is 0.294 e. The number of carbonyl (C=O) groups excluding carboxylic acids is 1. The molecule has 0 spiro atoms. The van der Waals surface area contributed by atoms with Gasteiger partial charge in [0, 0.05) is 4.47 Å². The van der Waals surface area contributed by atoms with Crippen molar-refractivity contribution >= 4 is 44.9 Å². The highest BCUT2D eigenvalue weighted by molar-refractivity contribution is 9.10. The lowest BCUT2D eigenvalue weighted by Crippen LogP contribution is -1.94. The molecule has 1 rings (SSSR count). The van der Waals surface area contributed by atoms with Crippen molar-refractivity contribution in [2.75, 3.05) is 0 Å². The summed E-state index contributed by atoms with van der Waals surface area (Å²) >= 11 is 14.8. The Labute approximate surface area is 88.8 Å². The van der Waals surface area contributed by atoms with E-state index < -0.39 is 0 Å². The number of Topliss-reactive ketones (excluding diaryl/α,β-unsaturated/α-hetero) is 1. The minimum Gasteiger partial charge on any atom is -0.294 e. The van der Waals surface area contributed by atoms with Crippen molar-refractivity contribution in [2.24, 2.45) is 0 Å². The van der Waals surface area contributed by atoms with Crippen molar-refractivity contribution in [3.63, 3.8) is 0 Å². The van der Waals surface area contributed by atoms with E-state index in [0.717, 1.165) is 4.47 Å². The molecule has 0 N–H and O–H groups in total. The summed E-state index contributed by atoms with van der Waals surface area (Å²) in [5.41, 5.74) is 0.376. The average molecular weight is 268 g/mol. The Morgan fingerprint density at radius 3 is 2.08 bits per heavy atom. The molecule has 64 valence electrons. The molecule has 0 aliphatic heterocycles. The number of hydrogen-bond donors (Lipinski definition) is 0. The van der Waals surface area contributed by atoms with Crippen LogP contribution in [0.4, 0.5) is 0 Å². The van der Waals surface area contributed by atoms with E-state index in [4.69, 9.17) is 23.2 Å². The SMILES string of the molecule is CC(=O)c1c(Cl)cc(Br)cc1Cl. The maximum absolute atomic E-state index is 11.0. The summed E-state index contributed by atoms with van der Waals surface area (Å²) < 4.78 is 0.766. The first-order valence-corrected chi connectivity index (χ1v) is 4.72. The van der Waals surface area contributed by atoms with Gasteiger partial charge in [-0.2, -0.15) is 0 Å². The molecule has 0 saturated heterocycles. The first kappa shape index (κ1) is 10.0. The molecule has 0 atom stereocenters. The van der Waals surface area contributed by atoms with Crippen LogP contribution in [0.3, 0.4) is 0 Å². The van der Waals surface area contributed by atoms with Crippen molar-refractivity contribution in [1.82, 2.24) is 0 Å². The van der Waals surface area contributed by atoms with Gasteiger partial charge in [0.05, 0.1) is 15.6 Å².